The number of ether oxygens (including phenoxy) is 1. The third-order valence-corrected chi connectivity index (χ3v) is 2.28. The van der Waals surface area contributed by atoms with Gasteiger partial charge in [-0.05, 0) is 17.7 Å². The highest BCUT2D eigenvalue weighted by Gasteiger charge is 2.03. The lowest BCUT2D eigenvalue weighted by atomic mass is 10.1. The van der Waals surface area contributed by atoms with Crippen LogP contribution in [-0.2, 0) is 11.2 Å². The minimum absolute atomic E-state index is 0.139. The maximum absolute atomic E-state index is 10.7. The van der Waals surface area contributed by atoms with Crippen LogP contribution in [0.5, 0.6) is 5.75 Å². The normalized spacial score (nSPS) is 12.1. The summed E-state index contributed by atoms with van der Waals surface area (Å²) in [5.41, 5.74) is 5.89. The molecule has 0 saturated carbocycles. The number of primary amides is 1. The molecule has 0 fully saturated rings. The SMILES string of the molecule is NC(=O)Cc1ccc(OC[C@@H](O)CCl)cc1. The summed E-state index contributed by atoms with van der Waals surface area (Å²) in [4.78, 5) is 10.7. The van der Waals surface area contributed by atoms with Gasteiger partial charge in [0, 0.05) is 0 Å². The molecule has 88 valence electrons. The minimum atomic E-state index is -0.674. The van der Waals surface area contributed by atoms with Crippen molar-refractivity contribution in [3.63, 3.8) is 0 Å². The molecule has 0 aliphatic rings. The molecule has 1 aromatic carbocycles. The van der Waals surface area contributed by atoms with E-state index in [9.17, 15) is 9.90 Å². The van der Waals surface area contributed by atoms with Crippen molar-refractivity contribution >= 4 is 17.5 Å². The number of rotatable bonds is 6. The lowest BCUT2D eigenvalue weighted by Crippen LogP contribution is -2.18. The molecule has 1 amide bonds. The molecule has 0 spiro atoms. The molecule has 3 N–H and O–H groups in total. The zero-order valence-corrected chi connectivity index (χ0v) is 9.48. The van der Waals surface area contributed by atoms with E-state index < -0.39 is 6.10 Å². The van der Waals surface area contributed by atoms with E-state index in [0.29, 0.717) is 5.75 Å². The van der Waals surface area contributed by atoms with Crippen LogP contribution in [0.25, 0.3) is 0 Å². The molecule has 0 unspecified atom stereocenters. The number of aliphatic hydroxyl groups excluding tert-OH is 1. The van der Waals surface area contributed by atoms with Crippen molar-refractivity contribution in [3.8, 4) is 5.75 Å². The van der Waals surface area contributed by atoms with Crippen LogP contribution >= 0.6 is 11.6 Å². The van der Waals surface area contributed by atoms with Crippen molar-refractivity contribution in [1.82, 2.24) is 0 Å². The van der Waals surface area contributed by atoms with Crippen molar-refractivity contribution in [3.05, 3.63) is 29.8 Å². The van der Waals surface area contributed by atoms with Gasteiger partial charge in [0.2, 0.25) is 5.91 Å². The number of carbonyl (C=O) groups is 1. The first-order valence-electron chi connectivity index (χ1n) is 4.86. The van der Waals surface area contributed by atoms with E-state index in [0.717, 1.165) is 5.56 Å². The maximum atomic E-state index is 10.7. The Balaban J connectivity index is 2.48. The van der Waals surface area contributed by atoms with Crippen molar-refractivity contribution in [2.75, 3.05) is 12.5 Å². The second-order valence-electron chi connectivity index (χ2n) is 3.41. The first kappa shape index (κ1) is 12.8. The molecule has 4 nitrogen and oxygen atoms in total. The highest BCUT2D eigenvalue weighted by Crippen LogP contribution is 2.12. The first-order valence-corrected chi connectivity index (χ1v) is 5.39. The zero-order valence-electron chi connectivity index (χ0n) is 8.73. The molecule has 0 aromatic heterocycles. The summed E-state index contributed by atoms with van der Waals surface area (Å²) in [6, 6.07) is 6.96. The number of benzene rings is 1. The van der Waals surface area contributed by atoms with Gasteiger partial charge in [-0.25, -0.2) is 0 Å². The largest absolute Gasteiger partial charge is 0.491 e. The second kappa shape index (κ2) is 6.35. The van der Waals surface area contributed by atoms with Crippen LogP contribution < -0.4 is 10.5 Å². The Hall–Kier alpha value is -1.26. The van der Waals surface area contributed by atoms with Gasteiger partial charge in [-0.2, -0.15) is 0 Å². The fourth-order valence-corrected chi connectivity index (χ4v) is 1.23. The van der Waals surface area contributed by atoms with Gasteiger partial charge in [0.1, 0.15) is 18.5 Å². The Morgan fingerprint density at radius 3 is 2.56 bits per heavy atom. The summed E-state index contributed by atoms with van der Waals surface area (Å²) in [7, 11) is 0. The average Bonchev–Trinajstić information content (AvgIpc) is 2.27. The van der Waals surface area contributed by atoms with Gasteiger partial charge in [-0.1, -0.05) is 12.1 Å². The van der Waals surface area contributed by atoms with E-state index >= 15 is 0 Å². The number of amides is 1. The van der Waals surface area contributed by atoms with Gasteiger partial charge >= 0.3 is 0 Å². The van der Waals surface area contributed by atoms with Crippen molar-refractivity contribution in [2.45, 2.75) is 12.5 Å². The van der Waals surface area contributed by atoms with Gasteiger partial charge in [0.25, 0.3) is 0 Å². The molecule has 0 heterocycles. The summed E-state index contributed by atoms with van der Waals surface area (Å²) in [5, 5.41) is 9.17. The summed E-state index contributed by atoms with van der Waals surface area (Å²) in [6.07, 6.45) is -0.461. The molecule has 16 heavy (non-hydrogen) atoms. The molecule has 0 aliphatic carbocycles. The van der Waals surface area contributed by atoms with Gasteiger partial charge < -0.3 is 15.6 Å². The van der Waals surface area contributed by atoms with Gasteiger partial charge in [0.15, 0.2) is 0 Å². The van der Waals surface area contributed by atoms with E-state index in [-0.39, 0.29) is 24.8 Å². The summed E-state index contributed by atoms with van der Waals surface area (Å²) in [6.45, 7) is 0.151. The van der Waals surface area contributed by atoms with Gasteiger partial charge in [-0.15, -0.1) is 11.6 Å². The molecule has 1 atom stereocenters. The number of hydrogen-bond acceptors (Lipinski definition) is 3. The fourth-order valence-electron chi connectivity index (χ4n) is 1.14. The first-order chi connectivity index (χ1) is 7.61. The molecular weight excluding hydrogens is 230 g/mol. The van der Waals surface area contributed by atoms with Gasteiger partial charge in [-0.3, -0.25) is 4.79 Å². The molecule has 0 radical (unpaired) electrons. The molecule has 0 saturated heterocycles. The van der Waals surface area contributed by atoms with E-state index in [1.807, 2.05) is 0 Å². The molecular formula is C11H14ClNO3. The quantitative estimate of drug-likeness (QED) is 0.723. The topological polar surface area (TPSA) is 72.6 Å². The standard InChI is InChI=1S/C11H14ClNO3/c12-6-9(14)7-16-10-3-1-8(2-4-10)5-11(13)15/h1-4,9,14H,5-7H2,(H2,13,15)/t9-/m0/s1. The second-order valence-corrected chi connectivity index (χ2v) is 3.71. The number of hydrogen-bond donors (Lipinski definition) is 2. The Morgan fingerprint density at radius 1 is 1.44 bits per heavy atom. The number of halogens is 1. The molecule has 1 aromatic rings. The van der Waals surface area contributed by atoms with E-state index in [2.05, 4.69) is 0 Å². The van der Waals surface area contributed by atoms with E-state index in [4.69, 9.17) is 22.1 Å². The molecule has 5 heteroatoms. The Morgan fingerprint density at radius 2 is 2.06 bits per heavy atom. The monoisotopic (exact) mass is 243 g/mol. The third kappa shape index (κ3) is 4.51. The average molecular weight is 244 g/mol. The predicted octanol–water partition coefficient (Wildman–Crippen LogP) is 0.693. The summed E-state index contributed by atoms with van der Waals surface area (Å²) in [5.74, 6) is 0.392. The zero-order chi connectivity index (χ0) is 12.0. The molecule has 0 bridgehead atoms. The number of nitrogens with two attached hydrogens (primary N) is 1. The van der Waals surface area contributed by atoms with Crippen LogP contribution in [0, 0.1) is 0 Å². The Bertz CT molecular complexity index is 340. The molecule has 1 rings (SSSR count). The minimum Gasteiger partial charge on any atom is -0.491 e. The van der Waals surface area contributed by atoms with E-state index in [1.165, 1.54) is 0 Å². The maximum Gasteiger partial charge on any atom is 0.221 e. The smallest absolute Gasteiger partial charge is 0.221 e. The van der Waals surface area contributed by atoms with Crippen LogP contribution in [0.15, 0.2) is 24.3 Å². The van der Waals surface area contributed by atoms with Crippen LogP contribution in [0.4, 0.5) is 0 Å². The Labute approximate surface area is 99.0 Å². The van der Waals surface area contributed by atoms with Crippen molar-refractivity contribution in [2.24, 2.45) is 5.73 Å². The van der Waals surface area contributed by atoms with Crippen molar-refractivity contribution < 1.29 is 14.6 Å². The van der Waals surface area contributed by atoms with Crippen molar-refractivity contribution in [1.29, 1.82) is 0 Å². The summed E-state index contributed by atoms with van der Waals surface area (Å²) < 4.78 is 5.27. The number of carbonyl (C=O) groups excluding carboxylic acids is 1. The number of aliphatic hydroxyl groups is 1. The fraction of sp³-hybridized carbons (Fsp3) is 0.364. The Kier molecular flexibility index (Phi) is 5.08. The predicted molar refractivity (Wildman–Crippen MR) is 61.6 cm³/mol. The third-order valence-electron chi connectivity index (χ3n) is 1.92. The van der Waals surface area contributed by atoms with Crippen LogP contribution in [0.1, 0.15) is 5.56 Å². The van der Waals surface area contributed by atoms with Crippen LogP contribution in [-0.4, -0.2) is 29.6 Å². The van der Waals surface area contributed by atoms with Gasteiger partial charge in [0.05, 0.1) is 12.3 Å². The van der Waals surface area contributed by atoms with Crippen LogP contribution in [0.2, 0.25) is 0 Å². The highest BCUT2D eigenvalue weighted by atomic mass is 35.5. The van der Waals surface area contributed by atoms with E-state index in [1.54, 1.807) is 24.3 Å². The summed E-state index contributed by atoms with van der Waals surface area (Å²) >= 11 is 5.42. The lowest BCUT2D eigenvalue weighted by Gasteiger charge is -2.09. The number of alkyl halides is 1. The van der Waals surface area contributed by atoms with Crippen LogP contribution in [0.3, 0.4) is 0 Å². The molecule has 0 aliphatic heterocycles. The highest BCUT2D eigenvalue weighted by molar-refractivity contribution is 6.18. The lowest BCUT2D eigenvalue weighted by molar-refractivity contribution is -0.117.